The smallest absolute Gasteiger partial charge is 0.242 e. The van der Waals surface area contributed by atoms with Crippen molar-refractivity contribution in [3.8, 4) is 0 Å². The van der Waals surface area contributed by atoms with E-state index < -0.39 is 12.1 Å². The van der Waals surface area contributed by atoms with Crippen molar-refractivity contribution in [2.24, 2.45) is 21.7 Å². The van der Waals surface area contributed by atoms with Gasteiger partial charge < -0.3 is 94.6 Å². The lowest BCUT2D eigenvalue weighted by Crippen LogP contribution is -2.47. The predicted octanol–water partition coefficient (Wildman–Crippen LogP) is 22.1. The van der Waals surface area contributed by atoms with Crippen molar-refractivity contribution in [1.29, 1.82) is 0 Å². The van der Waals surface area contributed by atoms with Gasteiger partial charge in [0, 0.05) is 104 Å². The molecule has 0 unspecified atom stereocenters. The van der Waals surface area contributed by atoms with Crippen LogP contribution in [0.1, 0.15) is 443 Å². The molecule has 0 aromatic heterocycles. The van der Waals surface area contributed by atoms with Crippen molar-refractivity contribution in [3.05, 3.63) is 44.6 Å². The number of hydrogen-bond donors (Lipinski definition) is 8. The Bertz CT molecular complexity index is 3340. The van der Waals surface area contributed by atoms with Crippen LogP contribution < -0.4 is 42.5 Å². The molecule has 0 aliphatic heterocycles. The van der Waals surface area contributed by atoms with Crippen LogP contribution in [0.3, 0.4) is 0 Å². The molecular weight excluding hydrogens is 1830 g/mol. The summed E-state index contributed by atoms with van der Waals surface area (Å²) in [5.74, 6) is -0.563. The first kappa shape index (κ1) is 132. The van der Waals surface area contributed by atoms with E-state index in [4.69, 9.17) is 52.1 Å². The SMILES string of the molecule is CC1=C(CCCCCCCCC(=O)NCCCC[C@H](NC(=O)CCCCCCCCC2=C(C)CCCC2(C)C)C(=O)NCCCOCCOCCOCCCNC(=O)CCOCCOCCOCCOCCOCCC(=O)NCCCOCCOCCOCCCNC(=O)[C@H](CCCCNC(=O)CCCCCCCCC2=C(C)CCCC2(C)C)NC(=O)CCCCCCCCC2=C(C)CCCC2(C)C)C(C)(C)CCC1. The third kappa shape index (κ3) is 68.0. The maximum atomic E-state index is 13.5. The molecule has 4 rings (SSSR count). The van der Waals surface area contributed by atoms with E-state index in [0.29, 0.717) is 283 Å². The Morgan fingerprint density at radius 3 is 0.648 bits per heavy atom. The molecule has 0 bridgehead atoms. The largest absolute Gasteiger partial charge is 0.379 e. The zero-order valence-corrected chi connectivity index (χ0v) is 94.3. The third-order valence-corrected chi connectivity index (χ3v) is 29.9. The fourth-order valence-electron chi connectivity index (χ4n) is 21.1. The highest BCUT2D eigenvalue weighted by Crippen LogP contribution is 2.46. The van der Waals surface area contributed by atoms with Gasteiger partial charge in [-0.2, -0.15) is 0 Å². The number of carbonyl (C=O) groups excluding carboxylic acids is 8. The fourth-order valence-corrected chi connectivity index (χ4v) is 21.1. The van der Waals surface area contributed by atoms with E-state index in [9.17, 15) is 38.4 Å². The lowest BCUT2D eigenvalue weighted by Gasteiger charge is -2.34. The summed E-state index contributed by atoms with van der Waals surface area (Å²) in [6, 6.07) is -1.27. The average Bonchev–Trinajstić information content (AvgIpc) is 0.835. The summed E-state index contributed by atoms with van der Waals surface area (Å²) < 4.78 is 62.1. The molecule has 145 heavy (non-hydrogen) atoms. The Hall–Kier alpha value is -5.72. The normalized spacial score (nSPS) is 16.0. The summed E-state index contributed by atoms with van der Waals surface area (Å²) in [6.45, 7) is 40.4. The summed E-state index contributed by atoms with van der Waals surface area (Å²) in [6.07, 6.45) is 55.9. The van der Waals surface area contributed by atoms with Crippen molar-refractivity contribution < 1.29 is 90.5 Å². The molecule has 2 atom stereocenters. The van der Waals surface area contributed by atoms with Gasteiger partial charge in [0.2, 0.25) is 47.3 Å². The molecule has 8 N–H and O–H groups in total. The van der Waals surface area contributed by atoms with Crippen LogP contribution in [-0.2, 0) is 90.5 Å². The topological polar surface area (TPSA) is 334 Å². The minimum Gasteiger partial charge on any atom is -0.379 e. The Balaban J connectivity index is 0.881. The van der Waals surface area contributed by atoms with Crippen LogP contribution in [0.25, 0.3) is 0 Å². The molecule has 0 radical (unpaired) electrons. The van der Waals surface area contributed by atoms with Crippen molar-refractivity contribution in [3.63, 3.8) is 0 Å². The van der Waals surface area contributed by atoms with Gasteiger partial charge in [0.15, 0.2) is 0 Å². The average molecular weight is 2050 g/mol. The van der Waals surface area contributed by atoms with E-state index in [1.165, 1.54) is 193 Å². The summed E-state index contributed by atoms with van der Waals surface area (Å²) in [4.78, 5) is 104. The number of allylic oxidation sites excluding steroid dienone is 8. The Morgan fingerprint density at radius 1 is 0.214 bits per heavy atom. The van der Waals surface area contributed by atoms with Crippen molar-refractivity contribution in [2.45, 2.75) is 455 Å². The number of ether oxygens (including phenoxy) is 11. The molecule has 840 valence electrons. The Kier molecular flexibility index (Phi) is 77.0. The van der Waals surface area contributed by atoms with Gasteiger partial charge in [-0.3, -0.25) is 38.4 Å². The zero-order chi connectivity index (χ0) is 105. The van der Waals surface area contributed by atoms with Gasteiger partial charge in [-0.05, 0) is 268 Å². The molecule has 0 spiro atoms. The number of rotatable bonds is 96. The Labute approximate surface area is 881 Å². The van der Waals surface area contributed by atoms with Gasteiger partial charge in [-0.15, -0.1) is 0 Å². The van der Waals surface area contributed by atoms with Crippen LogP contribution in [0.2, 0.25) is 0 Å². The first-order chi connectivity index (χ1) is 70.1. The van der Waals surface area contributed by atoms with E-state index in [1.54, 1.807) is 44.6 Å². The standard InChI is InChI=1S/C118H214N8O19/c1-97-49-41-65-115(5,6)101(97)53-29-21-13-17-25-33-59-107(127)119-69-39-37-57-105(125-111(131)61-35-27-19-15-23-31-55-103-99(3)51-43-67-117(103,9)10)113(133)123-73-47-77-137-83-89-141-87-81-135-75-45-71-121-109(129)63-79-139-85-91-143-93-95-145-96-94-144-92-86-140-80-64-110(130)122-72-46-76-136-82-88-142-90-84-138-78-48-74-124-114(134)106(126-112(132)62-36-28-20-16-24-32-56-104-100(4)52-44-68-118(104,11)12)58-38-40-70-120-108(128)60-34-26-18-14-22-30-54-102-98(2)50-42-66-116(102,7)8/h105-106H,13-96H2,1-12H3,(H,119,127)(H,120,128)(H,121,129)(H,122,130)(H,123,133)(H,124,134)(H,125,131)(H,126,132)/t105-,106-/m0/s1. The van der Waals surface area contributed by atoms with E-state index in [1.807, 2.05) is 0 Å². The minimum absolute atomic E-state index is 0.0863. The number of amides is 8. The third-order valence-electron chi connectivity index (χ3n) is 29.9. The molecule has 27 nitrogen and oxygen atoms in total. The zero-order valence-electron chi connectivity index (χ0n) is 94.3. The van der Waals surface area contributed by atoms with Crippen LogP contribution in [0.4, 0.5) is 0 Å². The highest BCUT2D eigenvalue weighted by molar-refractivity contribution is 5.88. The second kappa shape index (κ2) is 84.8. The summed E-state index contributed by atoms with van der Waals surface area (Å²) in [5, 5.41) is 24.1. The molecule has 8 amide bonds. The number of hydrogen-bond acceptors (Lipinski definition) is 19. The highest BCUT2D eigenvalue weighted by Gasteiger charge is 2.33. The Morgan fingerprint density at radius 2 is 0.407 bits per heavy atom. The monoisotopic (exact) mass is 2050 g/mol. The molecule has 0 saturated carbocycles. The van der Waals surface area contributed by atoms with Gasteiger partial charge >= 0.3 is 0 Å². The van der Waals surface area contributed by atoms with Crippen LogP contribution >= 0.6 is 0 Å². The predicted molar refractivity (Wildman–Crippen MR) is 585 cm³/mol. The molecule has 4 aliphatic rings. The molecule has 0 fully saturated rings. The number of nitrogens with one attached hydrogen (secondary N) is 8. The first-order valence-corrected chi connectivity index (χ1v) is 58.4. The summed E-state index contributed by atoms with van der Waals surface area (Å²) in [7, 11) is 0. The van der Waals surface area contributed by atoms with Gasteiger partial charge in [-0.1, -0.05) is 203 Å². The van der Waals surface area contributed by atoms with Gasteiger partial charge in [0.25, 0.3) is 0 Å². The van der Waals surface area contributed by atoms with Gasteiger partial charge in [0.05, 0.1) is 119 Å². The van der Waals surface area contributed by atoms with Crippen molar-refractivity contribution in [1.82, 2.24) is 42.5 Å². The van der Waals surface area contributed by atoms with Crippen molar-refractivity contribution >= 4 is 47.3 Å². The molecule has 0 aromatic carbocycles. The van der Waals surface area contributed by atoms with Crippen LogP contribution in [0.5, 0.6) is 0 Å². The minimum atomic E-state index is -0.636. The van der Waals surface area contributed by atoms with E-state index >= 15 is 0 Å². The first-order valence-electron chi connectivity index (χ1n) is 58.4. The molecule has 4 aliphatic carbocycles. The van der Waals surface area contributed by atoms with Gasteiger partial charge in [-0.25, -0.2) is 0 Å². The molecular formula is C118H214N8O19. The fraction of sp³-hybridized carbons (Fsp3) is 0.864. The van der Waals surface area contributed by atoms with Crippen LogP contribution in [-0.4, -0.2) is 244 Å². The number of unbranched alkanes of at least 4 members (excludes halogenated alkanes) is 22. The number of carbonyl (C=O) groups is 8. The van der Waals surface area contributed by atoms with E-state index in [-0.39, 0.29) is 60.1 Å². The van der Waals surface area contributed by atoms with Crippen LogP contribution in [0.15, 0.2) is 44.6 Å². The maximum Gasteiger partial charge on any atom is 0.242 e. The molecule has 0 aromatic rings. The molecule has 0 saturated heterocycles. The maximum absolute atomic E-state index is 13.5. The second-order valence-electron chi connectivity index (χ2n) is 44.3. The summed E-state index contributed by atoms with van der Waals surface area (Å²) >= 11 is 0. The van der Waals surface area contributed by atoms with E-state index in [2.05, 4.69) is 126 Å². The second-order valence-corrected chi connectivity index (χ2v) is 44.3. The van der Waals surface area contributed by atoms with E-state index in [0.717, 1.165) is 77.0 Å². The molecule has 0 heterocycles. The van der Waals surface area contributed by atoms with Crippen molar-refractivity contribution in [2.75, 3.05) is 185 Å². The highest BCUT2D eigenvalue weighted by atomic mass is 16.6. The lowest BCUT2D eigenvalue weighted by molar-refractivity contribution is -0.129. The lowest BCUT2D eigenvalue weighted by atomic mass is 9.71. The van der Waals surface area contributed by atoms with Gasteiger partial charge in [0.1, 0.15) is 12.1 Å². The summed E-state index contributed by atoms with van der Waals surface area (Å²) in [5.41, 5.74) is 14.5. The molecule has 27 heteroatoms. The quantitative estimate of drug-likeness (QED) is 0.0207. The van der Waals surface area contributed by atoms with Crippen LogP contribution in [0, 0.1) is 21.7 Å².